The van der Waals surface area contributed by atoms with Gasteiger partial charge in [0.1, 0.15) is 52.3 Å². The first-order chi connectivity index (χ1) is 26.8. The van der Waals surface area contributed by atoms with Gasteiger partial charge in [0.2, 0.25) is 5.91 Å². The zero-order valence-electron chi connectivity index (χ0n) is 30.4. The Morgan fingerprint density at radius 3 is 2.57 bits per heavy atom. The number of nitrogens with zero attached hydrogens (tertiary/aromatic N) is 7. The van der Waals surface area contributed by atoms with Gasteiger partial charge in [0.15, 0.2) is 5.82 Å². The van der Waals surface area contributed by atoms with Crippen molar-refractivity contribution in [2.45, 2.75) is 81.5 Å². The summed E-state index contributed by atoms with van der Waals surface area (Å²) >= 11 is 0.874. The van der Waals surface area contributed by atoms with Gasteiger partial charge in [-0.3, -0.25) is 14.5 Å². The molecule has 4 aromatic rings. The van der Waals surface area contributed by atoms with Gasteiger partial charge in [-0.2, -0.15) is 15.2 Å². The van der Waals surface area contributed by atoms with Crippen LogP contribution in [0.5, 0.6) is 6.01 Å². The monoisotopic (exact) mass is 794 g/mol. The molecule has 4 saturated heterocycles. The second-order valence-electron chi connectivity index (χ2n) is 16.8. The maximum Gasteiger partial charge on any atom is 0.319 e. The highest BCUT2D eigenvalue weighted by Crippen LogP contribution is 2.52. The quantitative estimate of drug-likeness (QED) is 0.218. The molecule has 1 aromatic carbocycles. The summed E-state index contributed by atoms with van der Waals surface area (Å²) in [5.41, 5.74) is 4.22. The molecule has 2 aliphatic carbocycles. The van der Waals surface area contributed by atoms with Crippen molar-refractivity contribution < 1.29 is 31.5 Å². The van der Waals surface area contributed by atoms with E-state index >= 15 is 8.78 Å². The van der Waals surface area contributed by atoms with Gasteiger partial charge in [0.05, 0.1) is 21.5 Å². The smallest absolute Gasteiger partial charge is 0.319 e. The van der Waals surface area contributed by atoms with Gasteiger partial charge in [0.25, 0.3) is 11.5 Å². The molecule has 10 rings (SSSR count). The minimum Gasteiger partial charge on any atom is -0.461 e. The van der Waals surface area contributed by atoms with E-state index in [-0.39, 0.29) is 86.8 Å². The number of nitrogen functional groups attached to an aromatic ring is 1. The van der Waals surface area contributed by atoms with Crippen molar-refractivity contribution in [2.24, 2.45) is 11.3 Å². The van der Waals surface area contributed by atoms with Crippen LogP contribution in [-0.4, -0.2) is 93.8 Å². The highest BCUT2D eigenvalue weighted by molar-refractivity contribution is 7.23. The fraction of sp³-hybridized carbons (Fsp3) is 0.564. The summed E-state index contributed by atoms with van der Waals surface area (Å²) in [5.74, 6) is -6.16. The number of halogens is 5. The third kappa shape index (κ3) is 5.48. The molecule has 0 bridgehead atoms. The fourth-order valence-electron chi connectivity index (χ4n) is 10.0. The van der Waals surface area contributed by atoms with Crippen LogP contribution < -0.4 is 20.9 Å². The van der Waals surface area contributed by atoms with E-state index in [4.69, 9.17) is 15.5 Å². The molecule has 1 unspecified atom stereocenters. The maximum absolute atomic E-state index is 17.7. The Morgan fingerprint density at radius 2 is 1.84 bits per heavy atom. The van der Waals surface area contributed by atoms with Crippen molar-refractivity contribution in [2.75, 3.05) is 56.5 Å². The van der Waals surface area contributed by atoms with E-state index in [2.05, 4.69) is 9.88 Å². The van der Waals surface area contributed by atoms with E-state index in [0.717, 1.165) is 37.1 Å². The summed E-state index contributed by atoms with van der Waals surface area (Å²) in [6.07, 6.45) is 3.77. The highest BCUT2D eigenvalue weighted by Gasteiger charge is 2.64. The van der Waals surface area contributed by atoms with Gasteiger partial charge in [0, 0.05) is 68.0 Å². The molecule has 2 N–H and O–H groups in total. The third-order valence-corrected chi connectivity index (χ3v) is 14.0. The van der Waals surface area contributed by atoms with Crippen molar-refractivity contribution in [3.05, 3.63) is 39.7 Å². The number of nitriles is 1. The Labute approximate surface area is 321 Å². The topological polar surface area (TPSA) is 134 Å². The van der Waals surface area contributed by atoms with E-state index < -0.39 is 58.5 Å². The lowest BCUT2D eigenvalue weighted by Gasteiger charge is -2.51. The normalized spacial score (nSPS) is 26.7. The number of likely N-dealkylation sites (tertiary alicyclic amines) is 1. The molecule has 3 aromatic heterocycles. The summed E-state index contributed by atoms with van der Waals surface area (Å²) in [7, 11) is 0. The number of thiophene rings is 1. The van der Waals surface area contributed by atoms with Crippen LogP contribution >= 0.6 is 11.3 Å². The number of hydrogen-bond donors (Lipinski definition) is 1. The molecule has 4 aliphatic heterocycles. The molecule has 2 saturated carbocycles. The SMILES string of the molecule is N#Cc1c(N)sc2c(F)ccc(-c3c(F)c4nc(OC[C@@]56CCCN5C[C@H](F)C6)nc(N5CCCCC6(CN(C(=O)C7CC7(F)F)C6)C5)c4c(=O)n3C3CC3)c12. The van der Waals surface area contributed by atoms with Gasteiger partial charge >= 0.3 is 6.01 Å². The standard InChI is InChI=1S/C39H39F5N8O3S/c40-20-12-38(9-3-11-51(38)15-20)19-55-36-47-29-27(33(48-36)49-10-2-1-8-37(16-49)17-50(18-37)34(53)24-13-39(24,43)44)35(54)52(21-4-5-21)30(28(29)42)22-6-7-25(41)31-26(22)23(14-45)32(46)56-31/h6-7,20-21,24H,1-5,8-13,15-19,46H2/t20-,24?,38+/m1/s1. The summed E-state index contributed by atoms with van der Waals surface area (Å²) in [4.78, 5) is 42.7. The molecule has 7 heterocycles. The van der Waals surface area contributed by atoms with Crippen LogP contribution in [0.1, 0.15) is 69.4 Å². The average molecular weight is 795 g/mol. The lowest BCUT2D eigenvalue weighted by molar-refractivity contribution is -0.147. The largest absolute Gasteiger partial charge is 0.461 e. The number of fused-ring (bicyclic) bond motifs is 3. The van der Waals surface area contributed by atoms with E-state index in [9.17, 15) is 28.0 Å². The number of hydrogen-bond acceptors (Lipinski definition) is 10. The second-order valence-corrected chi connectivity index (χ2v) is 17.9. The van der Waals surface area contributed by atoms with Crippen LogP contribution in [0.3, 0.4) is 0 Å². The third-order valence-electron chi connectivity index (χ3n) is 13.0. The molecular formula is C39H39F5N8O3S. The van der Waals surface area contributed by atoms with E-state index in [1.807, 2.05) is 11.0 Å². The predicted octanol–water partition coefficient (Wildman–Crippen LogP) is 6.17. The number of anilines is 2. The number of rotatable bonds is 7. The highest BCUT2D eigenvalue weighted by atomic mass is 32.1. The van der Waals surface area contributed by atoms with E-state index in [0.29, 0.717) is 45.3 Å². The Balaban J connectivity index is 1.12. The Kier molecular flexibility index (Phi) is 7.98. The van der Waals surface area contributed by atoms with Gasteiger partial charge in [-0.05, 0) is 57.2 Å². The minimum absolute atomic E-state index is 0.0161. The fourth-order valence-corrected chi connectivity index (χ4v) is 11.0. The number of alkyl halides is 3. The second kappa shape index (κ2) is 12.5. The molecular weight excluding hydrogens is 756 g/mol. The van der Waals surface area contributed by atoms with E-state index in [1.54, 1.807) is 0 Å². The van der Waals surface area contributed by atoms with Gasteiger partial charge < -0.3 is 24.8 Å². The number of ether oxygens (including phenoxy) is 1. The zero-order valence-corrected chi connectivity index (χ0v) is 31.2. The number of nitrogens with two attached hydrogens (primary N) is 1. The van der Waals surface area contributed by atoms with Crippen LogP contribution in [0.25, 0.3) is 32.2 Å². The van der Waals surface area contributed by atoms with Gasteiger partial charge in [-0.1, -0.05) is 6.42 Å². The molecule has 6 fully saturated rings. The van der Waals surface area contributed by atoms with Crippen LogP contribution in [0.4, 0.5) is 32.8 Å². The van der Waals surface area contributed by atoms with Crippen LogP contribution in [-0.2, 0) is 4.79 Å². The first-order valence-electron chi connectivity index (χ1n) is 19.3. The van der Waals surface area contributed by atoms with Crippen LogP contribution in [0, 0.1) is 34.3 Å². The van der Waals surface area contributed by atoms with Gasteiger partial charge in [-0.15, -0.1) is 11.3 Å². The first kappa shape index (κ1) is 35.8. The Bertz CT molecular complexity index is 2440. The van der Waals surface area contributed by atoms with Crippen molar-refractivity contribution in [3.8, 4) is 23.3 Å². The zero-order chi connectivity index (χ0) is 38.9. The molecule has 3 atom stereocenters. The molecule has 17 heteroatoms. The van der Waals surface area contributed by atoms with E-state index in [1.165, 1.54) is 21.6 Å². The number of aromatic nitrogens is 3. The summed E-state index contributed by atoms with van der Waals surface area (Å²) < 4.78 is 83.0. The number of carbonyl (C=O) groups is 1. The van der Waals surface area contributed by atoms with Gasteiger partial charge in [-0.25, -0.2) is 22.0 Å². The first-order valence-corrected chi connectivity index (χ1v) is 20.1. The average Bonchev–Trinajstić information content (AvgIpc) is 4.01. The molecule has 1 spiro atoms. The molecule has 56 heavy (non-hydrogen) atoms. The lowest BCUT2D eigenvalue weighted by Crippen LogP contribution is -2.62. The van der Waals surface area contributed by atoms with Crippen molar-refractivity contribution in [1.82, 2.24) is 24.3 Å². The Morgan fingerprint density at radius 1 is 1.05 bits per heavy atom. The number of pyridine rings is 1. The molecule has 1 amide bonds. The maximum atomic E-state index is 17.7. The minimum atomic E-state index is -2.97. The molecule has 0 radical (unpaired) electrons. The molecule has 6 aliphatic rings. The van der Waals surface area contributed by atoms with Crippen LogP contribution in [0.15, 0.2) is 16.9 Å². The number of benzene rings is 1. The number of carbonyl (C=O) groups excluding carboxylic acids is 1. The van der Waals surface area contributed by atoms with Crippen molar-refractivity contribution in [1.29, 1.82) is 5.26 Å². The lowest BCUT2D eigenvalue weighted by atomic mass is 9.75. The van der Waals surface area contributed by atoms with Crippen molar-refractivity contribution >= 4 is 49.1 Å². The number of amides is 1. The van der Waals surface area contributed by atoms with Crippen molar-refractivity contribution in [3.63, 3.8) is 0 Å². The summed E-state index contributed by atoms with van der Waals surface area (Å²) in [6.45, 7) is 2.40. The Hall–Kier alpha value is -4.56. The molecule has 294 valence electrons. The summed E-state index contributed by atoms with van der Waals surface area (Å²) in [5, 5.41) is 10.2. The molecule has 11 nitrogen and oxygen atoms in total. The summed E-state index contributed by atoms with van der Waals surface area (Å²) in [6, 6.07) is 3.98. The predicted molar refractivity (Wildman–Crippen MR) is 199 cm³/mol. The van der Waals surface area contributed by atoms with Crippen LogP contribution in [0.2, 0.25) is 0 Å².